The van der Waals surface area contributed by atoms with Gasteiger partial charge in [0.1, 0.15) is 5.02 Å². The van der Waals surface area contributed by atoms with Gasteiger partial charge in [-0.05, 0) is 31.2 Å². The van der Waals surface area contributed by atoms with Crippen LogP contribution >= 0.6 is 11.6 Å². The summed E-state index contributed by atoms with van der Waals surface area (Å²) in [5, 5.41) is 18.9. The molecule has 0 aliphatic rings. The summed E-state index contributed by atoms with van der Waals surface area (Å²) in [4.78, 5) is 24.2. The molecule has 1 aromatic heterocycles. The summed E-state index contributed by atoms with van der Waals surface area (Å²) in [6.45, 7) is 2.04. The van der Waals surface area contributed by atoms with Gasteiger partial charge in [-0.3, -0.25) is 14.9 Å². The number of rotatable bonds is 5. The minimum Gasteiger partial charge on any atom is -0.419 e. The van der Waals surface area contributed by atoms with E-state index in [1.165, 1.54) is 17.0 Å². The first-order valence-electron chi connectivity index (χ1n) is 7.94. The Balaban J connectivity index is 1.75. The number of carbonyl (C=O) groups is 1. The average Bonchev–Trinajstić information content (AvgIpc) is 3.10. The van der Waals surface area contributed by atoms with Crippen LogP contribution in [0, 0.1) is 17.0 Å². The van der Waals surface area contributed by atoms with Crippen LogP contribution in [0.15, 0.2) is 46.9 Å². The predicted octanol–water partition coefficient (Wildman–Crippen LogP) is 3.88. The monoisotopic (exact) mass is 386 g/mol. The molecule has 9 heteroatoms. The third-order valence-corrected chi connectivity index (χ3v) is 4.19. The van der Waals surface area contributed by atoms with Crippen molar-refractivity contribution in [3.8, 4) is 11.5 Å². The predicted molar refractivity (Wildman–Crippen MR) is 98.4 cm³/mol. The zero-order valence-electron chi connectivity index (χ0n) is 14.5. The maximum atomic E-state index is 12.5. The Hall–Kier alpha value is -3.26. The van der Waals surface area contributed by atoms with Crippen LogP contribution in [-0.2, 0) is 6.54 Å². The number of amides is 1. The van der Waals surface area contributed by atoms with Crippen molar-refractivity contribution in [1.82, 2.24) is 15.1 Å². The van der Waals surface area contributed by atoms with E-state index >= 15 is 0 Å². The summed E-state index contributed by atoms with van der Waals surface area (Å²) in [7, 11) is 1.54. The fraction of sp³-hybridized carbons (Fsp3) is 0.167. The Kier molecular flexibility index (Phi) is 5.18. The third kappa shape index (κ3) is 4.12. The zero-order valence-corrected chi connectivity index (χ0v) is 15.3. The molecule has 0 saturated heterocycles. The number of nitrogens with zero attached hydrogens (tertiary/aromatic N) is 4. The van der Waals surface area contributed by atoms with Crippen molar-refractivity contribution >= 4 is 23.2 Å². The molecule has 0 unspecified atom stereocenters. The van der Waals surface area contributed by atoms with Gasteiger partial charge in [0.25, 0.3) is 11.6 Å². The molecule has 3 rings (SSSR count). The first-order chi connectivity index (χ1) is 12.8. The van der Waals surface area contributed by atoms with E-state index in [4.69, 9.17) is 16.0 Å². The lowest BCUT2D eigenvalue weighted by Gasteiger charge is -2.14. The van der Waals surface area contributed by atoms with Gasteiger partial charge in [-0.25, -0.2) is 0 Å². The Morgan fingerprint density at radius 1 is 1.22 bits per heavy atom. The summed E-state index contributed by atoms with van der Waals surface area (Å²) in [6, 6.07) is 11.5. The molecule has 0 saturated carbocycles. The smallest absolute Gasteiger partial charge is 0.288 e. The number of aromatic nitrogens is 2. The zero-order chi connectivity index (χ0) is 19.6. The number of benzene rings is 2. The topological polar surface area (TPSA) is 102 Å². The van der Waals surface area contributed by atoms with Crippen molar-refractivity contribution in [3.63, 3.8) is 0 Å². The van der Waals surface area contributed by atoms with Gasteiger partial charge in [0.2, 0.25) is 11.8 Å². The first kappa shape index (κ1) is 18.5. The molecule has 0 N–H and O–H groups in total. The lowest BCUT2D eigenvalue weighted by Crippen LogP contribution is -2.26. The standard InChI is InChI=1S/C18H15ClN4O4/c1-11-3-5-12(6-4-11)17-21-20-16(27-17)10-22(2)18(24)13-7-8-14(19)15(9-13)23(25)26/h3-9H,10H2,1-2H3. The van der Waals surface area contributed by atoms with Crippen molar-refractivity contribution in [2.45, 2.75) is 13.5 Å². The number of hydrogen-bond donors (Lipinski definition) is 0. The van der Waals surface area contributed by atoms with E-state index in [2.05, 4.69) is 10.2 Å². The van der Waals surface area contributed by atoms with Crippen LogP contribution < -0.4 is 0 Å². The van der Waals surface area contributed by atoms with E-state index in [-0.39, 0.29) is 28.7 Å². The van der Waals surface area contributed by atoms with Gasteiger partial charge in [0.15, 0.2) is 0 Å². The molecule has 1 heterocycles. The molecule has 27 heavy (non-hydrogen) atoms. The Labute approximate surface area is 159 Å². The van der Waals surface area contributed by atoms with Gasteiger partial charge >= 0.3 is 0 Å². The molecule has 0 spiro atoms. The van der Waals surface area contributed by atoms with Crippen molar-refractivity contribution in [3.05, 3.63) is 74.6 Å². The van der Waals surface area contributed by atoms with E-state index in [9.17, 15) is 14.9 Å². The third-order valence-electron chi connectivity index (χ3n) is 3.87. The molecule has 0 fully saturated rings. The molecule has 3 aromatic rings. The highest BCUT2D eigenvalue weighted by molar-refractivity contribution is 6.32. The van der Waals surface area contributed by atoms with Crippen molar-refractivity contribution in [2.75, 3.05) is 7.05 Å². The Morgan fingerprint density at radius 2 is 1.93 bits per heavy atom. The van der Waals surface area contributed by atoms with E-state index < -0.39 is 10.8 Å². The number of aryl methyl sites for hydroxylation is 1. The largest absolute Gasteiger partial charge is 0.419 e. The lowest BCUT2D eigenvalue weighted by atomic mass is 10.1. The average molecular weight is 387 g/mol. The van der Waals surface area contributed by atoms with Crippen LogP contribution in [-0.4, -0.2) is 33.0 Å². The summed E-state index contributed by atoms with van der Waals surface area (Å²) in [5.41, 5.74) is 1.71. The second-order valence-electron chi connectivity index (χ2n) is 5.95. The van der Waals surface area contributed by atoms with E-state index in [1.807, 2.05) is 31.2 Å². The minimum absolute atomic E-state index is 0.0288. The molecule has 8 nitrogen and oxygen atoms in total. The molecule has 1 amide bonds. The molecule has 0 aliphatic heterocycles. The number of hydrogen-bond acceptors (Lipinski definition) is 6. The summed E-state index contributed by atoms with van der Waals surface area (Å²) >= 11 is 5.78. The Bertz CT molecular complexity index is 1000. The minimum atomic E-state index is -0.634. The van der Waals surface area contributed by atoms with Crippen LogP contribution in [0.25, 0.3) is 11.5 Å². The molecule has 0 radical (unpaired) electrons. The van der Waals surface area contributed by atoms with Gasteiger partial charge in [0.05, 0.1) is 11.5 Å². The molecule has 138 valence electrons. The van der Waals surface area contributed by atoms with Crippen molar-refractivity contribution in [1.29, 1.82) is 0 Å². The highest BCUT2D eigenvalue weighted by Crippen LogP contribution is 2.26. The van der Waals surface area contributed by atoms with E-state index in [0.717, 1.165) is 17.2 Å². The van der Waals surface area contributed by atoms with Crippen LogP contribution in [0.1, 0.15) is 21.8 Å². The van der Waals surface area contributed by atoms with Gasteiger partial charge < -0.3 is 9.32 Å². The van der Waals surface area contributed by atoms with Gasteiger partial charge in [-0.2, -0.15) is 0 Å². The SMILES string of the molecule is Cc1ccc(-c2nnc(CN(C)C(=O)c3ccc(Cl)c([N+](=O)[O-])c3)o2)cc1. The Morgan fingerprint density at radius 3 is 2.59 bits per heavy atom. The highest BCUT2D eigenvalue weighted by atomic mass is 35.5. The van der Waals surface area contributed by atoms with Gasteiger partial charge in [0, 0.05) is 24.2 Å². The van der Waals surface area contributed by atoms with Crippen LogP contribution in [0.4, 0.5) is 5.69 Å². The summed E-state index contributed by atoms with van der Waals surface area (Å²) in [5.74, 6) is 0.183. The van der Waals surface area contributed by atoms with Crippen molar-refractivity contribution < 1.29 is 14.1 Å². The summed E-state index contributed by atoms with van der Waals surface area (Å²) in [6.07, 6.45) is 0. The first-order valence-corrected chi connectivity index (χ1v) is 8.32. The highest BCUT2D eigenvalue weighted by Gasteiger charge is 2.20. The van der Waals surface area contributed by atoms with Crippen molar-refractivity contribution in [2.24, 2.45) is 0 Å². The number of halogens is 1. The van der Waals surface area contributed by atoms with Crippen LogP contribution in [0.3, 0.4) is 0 Å². The second kappa shape index (κ2) is 7.55. The van der Waals surface area contributed by atoms with Crippen LogP contribution in [0.5, 0.6) is 0 Å². The maximum absolute atomic E-state index is 12.5. The number of nitro benzene ring substituents is 1. The van der Waals surface area contributed by atoms with Gasteiger partial charge in [-0.15, -0.1) is 10.2 Å². The maximum Gasteiger partial charge on any atom is 0.288 e. The fourth-order valence-corrected chi connectivity index (χ4v) is 2.60. The molecule has 0 bridgehead atoms. The molecule has 2 aromatic carbocycles. The van der Waals surface area contributed by atoms with E-state index in [1.54, 1.807) is 7.05 Å². The van der Waals surface area contributed by atoms with Crippen LogP contribution in [0.2, 0.25) is 5.02 Å². The molecule has 0 aliphatic carbocycles. The fourth-order valence-electron chi connectivity index (χ4n) is 2.41. The molecular formula is C18H15ClN4O4. The van der Waals surface area contributed by atoms with Gasteiger partial charge in [-0.1, -0.05) is 29.3 Å². The second-order valence-corrected chi connectivity index (χ2v) is 6.36. The number of carbonyl (C=O) groups excluding carboxylic acids is 1. The molecule has 0 atom stereocenters. The van der Waals surface area contributed by atoms with E-state index in [0.29, 0.717) is 5.89 Å². The normalized spacial score (nSPS) is 10.6. The lowest BCUT2D eigenvalue weighted by molar-refractivity contribution is -0.384. The number of nitro groups is 1. The summed E-state index contributed by atoms with van der Waals surface area (Å²) < 4.78 is 5.60. The molecular weight excluding hydrogens is 372 g/mol. The quantitative estimate of drug-likeness (QED) is 0.487.